The van der Waals surface area contributed by atoms with E-state index in [1.54, 1.807) is 0 Å². The van der Waals surface area contributed by atoms with Crippen LogP contribution in [0.4, 0.5) is 0 Å². The summed E-state index contributed by atoms with van der Waals surface area (Å²) in [6.45, 7) is 5.13. The molecule has 0 saturated carbocycles. The summed E-state index contributed by atoms with van der Waals surface area (Å²) in [7, 11) is 0. The molecule has 0 fully saturated rings. The van der Waals surface area contributed by atoms with Crippen LogP contribution in [-0.2, 0) is 0 Å². The standard InChI is InChI=1S/C16H18Cl2N2/c1-3-20-16(11(2)12-6-8-19-9-7-12)14-10-13(17)4-5-15(14)18/h4-11,16,20H,3H2,1-2H3. The van der Waals surface area contributed by atoms with Crippen molar-refractivity contribution in [1.82, 2.24) is 10.3 Å². The van der Waals surface area contributed by atoms with Crippen molar-refractivity contribution in [2.75, 3.05) is 6.54 Å². The highest BCUT2D eigenvalue weighted by molar-refractivity contribution is 6.33. The molecule has 2 aromatic rings. The lowest BCUT2D eigenvalue weighted by Crippen LogP contribution is -2.26. The molecule has 0 amide bonds. The minimum absolute atomic E-state index is 0.119. The van der Waals surface area contributed by atoms with Crippen LogP contribution in [0, 0.1) is 0 Å². The molecule has 1 aromatic carbocycles. The van der Waals surface area contributed by atoms with Gasteiger partial charge in [0, 0.05) is 34.4 Å². The predicted octanol–water partition coefficient (Wildman–Crippen LogP) is 4.84. The van der Waals surface area contributed by atoms with Gasteiger partial charge >= 0.3 is 0 Å². The van der Waals surface area contributed by atoms with Gasteiger partial charge in [-0.2, -0.15) is 0 Å². The highest BCUT2D eigenvalue weighted by Gasteiger charge is 2.22. The molecule has 1 N–H and O–H groups in total. The number of benzene rings is 1. The minimum Gasteiger partial charge on any atom is -0.310 e. The molecule has 1 aromatic heterocycles. The van der Waals surface area contributed by atoms with Gasteiger partial charge in [0.1, 0.15) is 0 Å². The van der Waals surface area contributed by atoms with Crippen LogP contribution >= 0.6 is 23.2 Å². The van der Waals surface area contributed by atoms with E-state index in [0.29, 0.717) is 5.02 Å². The fourth-order valence-electron chi connectivity index (χ4n) is 2.39. The molecular formula is C16H18Cl2N2. The lowest BCUT2D eigenvalue weighted by atomic mass is 9.89. The maximum atomic E-state index is 6.35. The van der Waals surface area contributed by atoms with Crippen molar-refractivity contribution in [3.8, 4) is 0 Å². The van der Waals surface area contributed by atoms with Crippen molar-refractivity contribution in [3.05, 3.63) is 63.9 Å². The van der Waals surface area contributed by atoms with Crippen LogP contribution in [0.1, 0.15) is 36.9 Å². The number of hydrogen-bond acceptors (Lipinski definition) is 2. The number of nitrogens with zero attached hydrogens (tertiary/aromatic N) is 1. The molecule has 0 aliphatic heterocycles. The Balaban J connectivity index is 2.38. The first-order valence-corrected chi connectivity index (χ1v) is 7.47. The van der Waals surface area contributed by atoms with Gasteiger partial charge in [-0.15, -0.1) is 0 Å². The second-order valence-electron chi connectivity index (χ2n) is 4.77. The zero-order chi connectivity index (χ0) is 14.5. The molecule has 0 saturated heterocycles. The van der Waals surface area contributed by atoms with E-state index >= 15 is 0 Å². The topological polar surface area (TPSA) is 24.9 Å². The maximum Gasteiger partial charge on any atom is 0.0455 e. The highest BCUT2D eigenvalue weighted by Crippen LogP contribution is 2.35. The summed E-state index contributed by atoms with van der Waals surface area (Å²) in [5.74, 6) is 0.272. The minimum atomic E-state index is 0.119. The first-order valence-electron chi connectivity index (χ1n) is 6.71. The highest BCUT2D eigenvalue weighted by atomic mass is 35.5. The Labute approximate surface area is 130 Å². The summed E-state index contributed by atoms with van der Waals surface area (Å²) < 4.78 is 0. The van der Waals surface area contributed by atoms with Gasteiger partial charge in [0.2, 0.25) is 0 Å². The molecule has 2 atom stereocenters. The van der Waals surface area contributed by atoms with Gasteiger partial charge in [0.05, 0.1) is 0 Å². The average Bonchev–Trinajstić information content (AvgIpc) is 2.48. The third-order valence-electron chi connectivity index (χ3n) is 3.45. The van der Waals surface area contributed by atoms with E-state index in [0.717, 1.165) is 17.1 Å². The van der Waals surface area contributed by atoms with Crippen LogP contribution < -0.4 is 5.32 Å². The largest absolute Gasteiger partial charge is 0.310 e. The molecule has 20 heavy (non-hydrogen) atoms. The van der Waals surface area contributed by atoms with Gasteiger partial charge in [-0.25, -0.2) is 0 Å². The molecule has 0 aliphatic rings. The quantitative estimate of drug-likeness (QED) is 0.854. The number of likely N-dealkylation sites (N-methyl/N-ethyl adjacent to an activating group) is 1. The Kier molecular flexibility index (Phi) is 5.41. The Morgan fingerprint density at radius 2 is 1.85 bits per heavy atom. The van der Waals surface area contributed by atoms with E-state index in [1.165, 1.54) is 5.56 Å². The fraction of sp³-hybridized carbons (Fsp3) is 0.312. The molecule has 2 nitrogen and oxygen atoms in total. The van der Waals surface area contributed by atoms with Crippen molar-refractivity contribution in [2.45, 2.75) is 25.8 Å². The summed E-state index contributed by atoms with van der Waals surface area (Å²) in [6, 6.07) is 9.79. The Hall–Kier alpha value is -1.09. The Morgan fingerprint density at radius 3 is 2.50 bits per heavy atom. The van der Waals surface area contributed by atoms with E-state index in [4.69, 9.17) is 23.2 Å². The van der Waals surface area contributed by atoms with Crippen LogP contribution in [0.15, 0.2) is 42.7 Å². The molecule has 0 spiro atoms. The molecule has 0 aliphatic carbocycles. The molecule has 1 heterocycles. The monoisotopic (exact) mass is 308 g/mol. The van der Waals surface area contributed by atoms with Gasteiger partial charge in [-0.1, -0.05) is 37.0 Å². The summed E-state index contributed by atoms with van der Waals surface area (Å²) >= 11 is 12.5. The van der Waals surface area contributed by atoms with Gasteiger partial charge in [0.15, 0.2) is 0 Å². The summed E-state index contributed by atoms with van der Waals surface area (Å²) in [5.41, 5.74) is 2.26. The van der Waals surface area contributed by atoms with E-state index in [9.17, 15) is 0 Å². The van der Waals surface area contributed by atoms with Gasteiger partial charge in [-0.3, -0.25) is 4.98 Å². The molecule has 0 radical (unpaired) electrons. The van der Waals surface area contributed by atoms with Crippen molar-refractivity contribution < 1.29 is 0 Å². The van der Waals surface area contributed by atoms with E-state index in [-0.39, 0.29) is 12.0 Å². The maximum absolute atomic E-state index is 6.35. The Bertz CT molecular complexity index is 558. The van der Waals surface area contributed by atoms with Crippen molar-refractivity contribution in [3.63, 3.8) is 0 Å². The number of hydrogen-bond donors (Lipinski definition) is 1. The number of pyridine rings is 1. The summed E-state index contributed by atoms with van der Waals surface area (Å²) in [6.07, 6.45) is 3.63. The average molecular weight is 309 g/mol. The first-order chi connectivity index (χ1) is 9.63. The van der Waals surface area contributed by atoms with Crippen molar-refractivity contribution in [2.24, 2.45) is 0 Å². The van der Waals surface area contributed by atoms with Crippen LogP contribution in [0.2, 0.25) is 10.0 Å². The third-order valence-corrected chi connectivity index (χ3v) is 4.03. The van der Waals surface area contributed by atoms with Crippen LogP contribution in [0.5, 0.6) is 0 Å². The normalized spacial score (nSPS) is 14.0. The van der Waals surface area contributed by atoms with Gasteiger partial charge in [0.25, 0.3) is 0 Å². The smallest absolute Gasteiger partial charge is 0.0455 e. The molecule has 2 rings (SSSR count). The zero-order valence-corrected chi connectivity index (χ0v) is 13.1. The molecule has 2 unspecified atom stereocenters. The number of aromatic nitrogens is 1. The third kappa shape index (κ3) is 3.51. The second kappa shape index (κ2) is 7.07. The molecule has 0 bridgehead atoms. The Morgan fingerprint density at radius 1 is 1.15 bits per heavy atom. The zero-order valence-electron chi connectivity index (χ0n) is 11.6. The molecular weight excluding hydrogens is 291 g/mol. The fourth-order valence-corrected chi connectivity index (χ4v) is 2.80. The predicted molar refractivity (Wildman–Crippen MR) is 85.5 cm³/mol. The summed E-state index contributed by atoms with van der Waals surface area (Å²) in [5, 5.41) is 4.94. The van der Waals surface area contributed by atoms with E-state index in [2.05, 4.69) is 24.1 Å². The number of halogens is 2. The number of rotatable bonds is 5. The first kappa shape index (κ1) is 15.3. The van der Waals surface area contributed by atoms with Gasteiger partial charge < -0.3 is 5.32 Å². The lowest BCUT2D eigenvalue weighted by molar-refractivity contribution is 0.479. The SMILES string of the molecule is CCNC(c1cc(Cl)ccc1Cl)C(C)c1ccncc1. The second-order valence-corrected chi connectivity index (χ2v) is 5.61. The number of nitrogens with one attached hydrogen (secondary N) is 1. The van der Waals surface area contributed by atoms with Crippen LogP contribution in [-0.4, -0.2) is 11.5 Å². The van der Waals surface area contributed by atoms with Gasteiger partial charge in [-0.05, 0) is 48.0 Å². The lowest BCUT2D eigenvalue weighted by Gasteiger charge is -2.26. The van der Waals surface area contributed by atoms with E-state index < -0.39 is 0 Å². The van der Waals surface area contributed by atoms with Crippen LogP contribution in [0.3, 0.4) is 0 Å². The summed E-state index contributed by atoms with van der Waals surface area (Å²) in [4.78, 5) is 4.07. The molecule has 4 heteroatoms. The van der Waals surface area contributed by atoms with Crippen molar-refractivity contribution in [1.29, 1.82) is 0 Å². The molecule has 106 valence electrons. The van der Waals surface area contributed by atoms with Crippen LogP contribution in [0.25, 0.3) is 0 Å². The van der Waals surface area contributed by atoms with Crippen molar-refractivity contribution >= 4 is 23.2 Å². The van der Waals surface area contributed by atoms with E-state index in [1.807, 2.05) is 42.7 Å².